The maximum atomic E-state index is 12.8. The normalized spacial score (nSPS) is 13.7. The summed E-state index contributed by atoms with van der Waals surface area (Å²) in [5.41, 5.74) is 1.33. The van der Waals surface area contributed by atoms with Crippen molar-refractivity contribution < 1.29 is 14.5 Å². The van der Waals surface area contributed by atoms with Gasteiger partial charge in [-0.1, -0.05) is 12.1 Å². The van der Waals surface area contributed by atoms with Crippen LogP contribution in [0.1, 0.15) is 10.4 Å². The lowest BCUT2D eigenvalue weighted by molar-refractivity contribution is -0.384. The van der Waals surface area contributed by atoms with Crippen LogP contribution in [0.2, 0.25) is 0 Å². The molecule has 0 atom stereocenters. The zero-order chi connectivity index (χ0) is 20.1. The second-order valence-corrected chi connectivity index (χ2v) is 7.21. The Bertz CT molecular complexity index is 918. The number of thiocarbonyl (C=S) groups is 1. The molecule has 1 fully saturated rings. The minimum absolute atomic E-state index is 0.0938. The van der Waals surface area contributed by atoms with Gasteiger partial charge in [0.05, 0.1) is 35.1 Å². The first-order valence-electron chi connectivity index (χ1n) is 8.43. The molecule has 0 aromatic heterocycles. The Hall–Kier alpha value is -2.56. The molecule has 0 unspecified atom stereocenters. The standard InChI is InChI=1S/C18H17BrN4O4S/c19-14-3-1-2-4-15(14)20-18(28)21-17(24)13-11-12(23(25)26)5-6-16(13)22-7-9-27-10-8-22/h1-6,11H,7-10H2,(H2,20,21,24,28). The Morgan fingerprint density at radius 3 is 2.61 bits per heavy atom. The van der Waals surface area contributed by atoms with Crippen molar-refractivity contribution in [3.63, 3.8) is 0 Å². The molecule has 0 bridgehead atoms. The third-order valence-electron chi connectivity index (χ3n) is 4.14. The van der Waals surface area contributed by atoms with Crippen LogP contribution in [0.15, 0.2) is 46.9 Å². The third kappa shape index (κ3) is 4.83. The van der Waals surface area contributed by atoms with Crippen LogP contribution in [0.3, 0.4) is 0 Å². The molecule has 8 nitrogen and oxygen atoms in total. The number of halogens is 1. The molecule has 146 valence electrons. The Morgan fingerprint density at radius 1 is 1.21 bits per heavy atom. The highest BCUT2D eigenvalue weighted by molar-refractivity contribution is 9.10. The van der Waals surface area contributed by atoms with E-state index in [2.05, 4.69) is 26.6 Å². The van der Waals surface area contributed by atoms with E-state index in [4.69, 9.17) is 17.0 Å². The average molecular weight is 465 g/mol. The Kier molecular flexibility index (Phi) is 6.55. The lowest BCUT2D eigenvalue weighted by atomic mass is 10.1. The lowest BCUT2D eigenvalue weighted by Gasteiger charge is -2.30. The summed E-state index contributed by atoms with van der Waals surface area (Å²) in [5.74, 6) is -0.519. The number of morpholine rings is 1. The van der Waals surface area contributed by atoms with Crippen molar-refractivity contribution in [2.24, 2.45) is 0 Å². The predicted molar refractivity (Wildman–Crippen MR) is 114 cm³/mol. The molecule has 28 heavy (non-hydrogen) atoms. The maximum Gasteiger partial charge on any atom is 0.270 e. The highest BCUT2D eigenvalue weighted by Gasteiger charge is 2.22. The molecular formula is C18H17BrN4O4S. The minimum Gasteiger partial charge on any atom is -0.378 e. The summed E-state index contributed by atoms with van der Waals surface area (Å²) in [4.78, 5) is 25.4. The van der Waals surface area contributed by atoms with Crippen LogP contribution < -0.4 is 15.5 Å². The number of nitro benzene ring substituents is 1. The molecule has 0 spiro atoms. The molecule has 0 aliphatic carbocycles. The topological polar surface area (TPSA) is 96.7 Å². The number of nitro groups is 1. The van der Waals surface area contributed by atoms with Gasteiger partial charge in [-0.3, -0.25) is 20.2 Å². The van der Waals surface area contributed by atoms with Crippen molar-refractivity contribution >= 4 is 56.2 Å². The van der Waals surface area contributed by atoms with Crippen LogP contribution in [0, 0.1) is 10.1 Å². The van der Waals surface area contributed by atoms with Crippen LogP contribution >= 0.6 is 28.1 Å². The molecule has 0 radical (unpaired) electrons. The molecule has 10 heteroatoms. The van der Waals surface area contributed by atoms with Gasteiger partial charge in [0.25, 0.3) is 11.6 Å². The van der Waals surface area contributed by atoms with Crippen LogP contribution in [-0.2, 0) is 4.74 Å². The average Bonchev–Trinajstić information content (AvgIpc) is 2.70. The van der Waals surface area contributed by atoms with Gasteiger partial charge in [0.1, 0.15) is 0 Å². The molecule has 0 saturated carbocycles. The number of carbonyl (C=O) groups is 1. The number of non-ortho nitro benzene ring substituents is 1. The second kappa shape index (κ2) is 9.09. The number of carbonyl (C=O) groups excluding carboxylic acids is 1. The summed E-state index contributed by atoms with van der Waals surface area (Å²) in [6.45, 7) is 2.25. The highest BCUT2D eigenvalue weighted by atomic mass is 79.9. The summed E-state index contributed by atoms with van der Waals surface area (Å²) in [7, 11) is 0. The predicted octanol–water partition coefficient (Wildman–Crippen LogP) is 3.32. The summed E-state index contributed by atoms with van der Waals surface area (Å²) in [5, 5.41) is 16.8. The van der Waals surface area contributed by atoms with Gasteiger partial charge in [-0.05, 0) is 46.3 Å². The first-order valence-corrected chi connectivity index (χ1v) is 9.64. The van der Waals surface area contributed by atoms with E-state index in [-0.39, 0.29) is 16.4 Å². The quantitative estimate of drug-likeness (QED) is 0.406. The van der Waals surface area contributed by atoms with Gasteiger partial charge in [-0.25, -0.2) is 0 Å². The number of hydrogen-bond donors (Lipinski definition) is 2. The summed E-state index contributed by atoms with van der Waals surface area (Å²) < 4.78 is 6.13. The van der Waals surface area contributed by atoms with E-state index >= 15 is 0 Å². The van der Waals surface area contributed by atoms with Crippen molar-refractivity contribution in [1.82, 2.24) is 5.32 Å². The van der Waals surface area contributed by atoms with Crippen molar-refractivity contribution in [3.8, 4) is 0 Å². The van der Waals surface area contributed by atoms with Gasteiger partial charge in [0.2, 0.25) is 0 Å². The molecular weight excluding hydrogens is 448 g/mol. The zero-order valence-electron chi connectivity index (χ0n) is 14.7. The number of benzene rings is 2. The summed E-state index contributed by atoms with van der Waals surface area (Å²) >= 11 is 8.62. The van der Waals surface area contributed by atoms with Crippen LogP contribution in [-0.4, -0.2) is 42.2 Å². The number of anilines is 2. The van der Waals surface area contributed by atoms with Gasteiger partial charge in [-0.15, -0.1) is 0 Å². The fourth-order valence-corrected chi connectivity index (χ4v) is 3.37. The molecule has 2 N–H and O–H groups in total. The summed E-state index contributed by atoms with van der Waals surface area (Å²) in [6, 6.07) is 11.6. The van der Waals surface area contributed by atoms with E-state index in [1.165, 1.54) is 12.1 Å². The van der Waals surface area contributed by atoms with Gasteiger partial charge in [0.15, 0.2) is 5.11 Å². The number of hydrogen-bond acceptors (Lipinski definition) is 6. The smallest absolute Gasteiger partial charge is 0.270 e. The first-order chi connectivity index (χ1) is 13.5. The number of rotatable bonds is 4. The number of nitrogens with one attached hydrogen (secondary N) is 2. The van der Waals surface area contributed by atoms with Gasteiger partial charge in [-0.2, -0.15) is 0 Å². The van der Waals surface area contributed by atoms with E-state index < -0.39 is 10.8 Å². The Morgan fingerprint density at radius 2 is 1.93 bits per heavy atom. The van der Waals surface area contributed by atoms with E-state index in [9.17, 15) is 14.9 Å². The molecule has 1 aliphatic heterocycles. The van der Waals surface area contributed by atoms with E-state index in [0.717, 1.165) is 4.47 Å². The molecule has 1 saturated heterocycles. The lowest BCUT2D eigenvalue weighted by Crippen LogP contribution is -2.39. The Balaban J connectivity index is 1.82. The maximum absolute atomic E-state index is 12.8. The fourth-order valence-electron chi connectivity index (χ4n) is 2.79. The van der Waals surface area contributed by atoms with E-state index in [0.29, 0.717) is 37.7 Å². The molecule has 2 aromatic rings. The molecule has 3 rings (SSSR count). The third-order valence-corrected chi connectivity index (χ3v) is 5.03. The van der Waals surface area contributed by atoms with Crippen molar-refractivity contribution in [2.45, 2.75) is 0 Å². The van der Waals surface area contributed by atoms with E-state index in [1.807, 2.05) is 23.1 Å². The van der Waals surface area contributed by atoms with Crippen LogP contribution in [0.4, 0.5) is 17.1 Å². The minimum atomic E-state index is -0.530. The van der Waals surface area contributed by atoms with Crippen molar-refractivity contribution in [3.05, 3.63) is 62.6 Å². The monoisotopic (exact) mass is 464 g/mol. The molecule has 2 aromatic carbocycles. The van der Waals surface area contributed by atoms with Crippen molar-refractivity contribution in [2.75, 3.05) is 36.5 Å². The molecule has 1 amide bonds. The number of amides is 1. The van der Waals surface area contributed by atoms with E-state index in [1.54, 1.807) is 12.1 Å². The van der Waals surface area contributed by atoms with Crippen LogP contribution in [0.5, 0.6) is 0 Å². The zero-order valence-corrected chi connectivity index (χ0v) is 17.1. The van der Waals surface area contributed by atoms with Gasteiger partial charge in [0, 0.05) is 29.7 Å². The Labute approximate surface area is 175 Å². The number of nitrogens with zero attached hydrogens (tertiary/aromatic N) is 2. The van der Waals surface area contributed by atoms with Gasteiger partial charge >= 0.3 is 0 Å². The number of ether oxygens (including phenoxy) is 1. The second-order valence-electron chi connectivity index (χ2n) is 5.95. The summed E-state index contributed by atoms with van der Waals surface area (Å²) in [6.07, 6.45) is 0. The largest absolute Gasteiger partial charge is 0.378 e. The molecule has 1 aliphatic rings. The van der Waals surface area contributed by atoms with Gasteiger partial charge < -0.3 is 15.0 Å². The fraction of sp³-hybridized carbons (Fsp3) is 0.222. The highest BCUT2D eigenvalue weighted by Crippen LogP contribution is 2.27. The SMILES string of the molecule is O=C(NC(=S)Nc1ccccc1Br)c1cc([N+](=O)[O-])ccc1N1CCOCC1. The first kappa shape index (κ1) is 20.2. The number of para-hydroxylation sites is 1. The van der Waals surface area contributed by atoms with Crippen molar-refractivity contribution in [1.29, 1.82) is 0 Å². The molecule has 1 heterocycles. The van der Waals surface area contributed by atoms with Crippen LogP contribution in [0.25, 0.3) is 0 Å².